The Hall–Kier alpha value is -2.66. The lowest BCUT2D eigenvalue weighted by Crippen LogP contribution is -2.35. The molecule has 4 rings (SSSR count). The quantitative estimate of drug-likeness (QED) is 0.712. The van der Waals surface area contributed by atoms with E-state index in [9.17, 15) is 4.79 Å². The van der Waals surface area contributed by atoms with Gasteiger partial charge in [-0.3, -0.25) is 19.4 Å². The monoisotopic (exact) mass is 362 g/mol. The predicted octanol–water partition coefficient (Wildman–Crippen LogP) is 3.61. The molecule has 0 spiro atoms. The Labute approximate surface area is 159 Å². The lowest BCUT2D eigenvalue weighted by molar-refractivity contribution is 0.136. The van der Waals surface area contributed by atoms with E-state index in [0.29, 0.717) is 6.54 Å². The number of hydrogen-bond donors (Lipinski definition) is 0. The average Bonchev–Trinajstić information content (AvgIpc) is 2.93. The third kappa shape index (κ3) is 3.35. The van der Waals surface area contributed by atoms with Crippen molar-refractivity contribution in [3.63, 3.8) is 0 Å². The molecule has 0 bridgehead atoms. The van der Waals surface area contributed by atoms with Crippen LogP contribution in [0.2, 0.25) is 0 Å². The maximum atomic E-state index is 13.2. The summed E-state index contributed by atoms with van der Waals surface area (Å²) >= 11 is 0. The number of piperidine rings is 1. The largest absolute Gasteiger partial charge is 0.290 e. The number of likely N-dealkylation sites (tertiary alicyclic amines) is 1. The van der Waals surface area contributed by atoms with Crippen LogP contribution >= 0.6 is 0 Å². The Balaban J connectivity index is 1.69. The number of rotatable bonds is 4. The number of para-hydroxylation sites is 1. The summed E-state index contributed by atoms with van der Waals surface area (Å²) in [6.45, 7) is 3.70. The first-order chi connectivity index (χ1) is 13.2. The highest BCUT2D eigenvalue weighted by atomic mass is 16.1. The molecular formula is C22H26N4O. The molecule has 0 aliphatic carbocycles. The van der Waals surface area contributed by atoms with Crippen LogP contribution in [-0.4, -0.2) is 25.8 Å². The highest BCUT2D eigenvalue weighted by Gasteiger charge is 2.27. The van der Waals surface area contributed by atoms with Crippen molar-refractivity contribution in [2.24, 2.45) is 7.05 Å². The van der Waals surface area contributed by atoms with Gasteiger partial charge < -0.3 is 0 Å². The molecule has 1 aliphatic rings. The molecule has 0 saturated carbocycles. The van der Waals surface area contributed by atoms with Crippen LogP contribution in [0.1, 0.15) is 42.3 Å². The first-order valence-corrected chi connectivity index (χ1v) is 9.64. The van der Waals surface area contributed by atoms with E-state index in [-0.39, 0.29) is 11.6 Å². The molecule has 140 valence electrons. The number of benzene rings is 1. The van der Waals surface area contributed by atoms with Crippen LogP contribution in [0, 0.1) is 6.92 Å². The van der Waals surface area contributed by atoms with Gasteiger partial charge in [-0.2, -0.15) is 0 Å². The molecule has 5 heteroatoms. The van der Waals surface area contributed by atoms with E-state index in [0.717, 1.165) is 35.6 Å². The summed E-state index contributed by atoms with van der Waals surface area (Å²) in [6.07, 6.45) is 5.33. The van der Waals surface area contributed by atoms with Gasteiger partial charge in [0.25, 0.3) is 5.56 Å². The Bertz CT molecular complexity index is 959. The normalized spacial score (nSPS) is 17.9. The molecule has 0 unspecified atom stereocenters. The molecule has 1 aliphatic heterocycles. The van der Waals surface area contributed by atoms with E-state index >= 15 is 0 Å². The fraction of sp³-hybridized carbons (Fsp3) is 0.364. The molecule has 1 atom stereocenters. The van der Waals surface area contributed by atoms with E-state index in [1.807, 2.05) is 67.3 Å². The van der Waals surface area contributed by atoms with Gasteiger partial charge in [0.2, 0.25) is 0 Å². The second kappa shape index (κ2) is 7.53. The van der Waals surface area contributed by atoms with Crippen molar-refractivity contribution in [3.05, 3.63) is 82.0 Å². The number of hydrogen-bond acceptors (Lipinski definition) is 3. The predicted molar refractivity (Wildman–Crippen MR) is 107 cm³/mol. The standard InChI is InChI=1S/C22H26N4O/c1-17-19(22(27)26(24(17)2)18-10-4-3-5-11-18)16-25-15-9-7-13-21(25)20-12-6-8-14-23-20/h3-6,8,10-12,14,21H,7,9,13,15-16H2,1-2H3/t21-/m1/s1. The summed E-state index contributed by atoms with van der Waals surface area (Å²) in [7, 11) is 1.96. The van der Waals surface area contributed by atoms with Gasteiger partial charge >= 0.3 is 0 Å². The van der Waals surface area contributed by atoms with Crippen molar-refractivity contribution in [3.8, 4) is 5.69 Å². The Morgan fingerprint density at radius 3 is 2.59 bits per heavy atom. The first-order valence-electron chi connectivity index (χ1n) is 9.64. The van der Waals surface area contributed by atoms with E-state index in [2.05, 4.69) is 16.0 Å². The minimum absolute atomic E-state index is 0.0755. The maximum Gasteiger partial charge on any atom is 0.276 e. The first kappa shape index (κ1) is 17.7. The molecule has 0 radical (unpaired) electrons. The summed E-state index contributed by atoms with van der Waals surface area (Å²) in [5, 5.41) is 0. The van der Waals surface area contributed by atoms with Crippen LogP contribution in [0.5, 0.6) is 0 Å². The van der Waals surface area contributed by atoms with Crippen molar-refractivity contribution in [1.82, 2.24) is 19.2 Å². The molecule has 2 aromatic heterocycles. The summed E-state index contributed by atoms with van der Waals surface area (Å²) in [5.74, 6) is 0. The average molecular weight is 362 g/mol. The zero-order valence-electron chi connectivity index (χ0n) is 16.0. The van der Waals surface area contributed by atoms with Crippen LogP contribution < -0.4 is 5.56 Å². The summed E-state index contributed by atoms with van der Waals surface area (Å²) < 4.78 is 3.73. The van der Waals surface area contributed by atoms with Crippen LogP contribution in [0.25, 0.3) is 5.69 Å². The van der Waals surface area contributed by atoms with E-state index in [1.54, 1.807) is 4.68 Å². The molecule has 0 amide bonds. The highest BCUT2D eigenvalue weighted by Crippen LogP contribution is 2.31. The van der Waals surface area contributed by atoms with Gasteiger partial charge in [-0.25, -0.2) is 4.68 Å². The van der Waals surface area contributed by atoms with Crippen LogP contribution in [0.15, 0.2) is 59.5 Å². The summed E-state index contributed by atoms with van der Waals surface area (Å²) in [5.41, 5.74) is 3.98. The third-order valence-electron chi connectivity index (χ3n) is 5.68. The van der Waals surface area contributed by atoms with Crippen molar-refractivity contribution < 1.29 is 0 Å². The lowest BCUT2D eigenvalue weighted by atomic mass is 9.98. The van der Waals surface area contributed by atoms with E-state index in [4.69, 9.17) is 0 Å². The summed E-state index contributed by atoms with van der Waals surface area (Å²) in [6, 6.07) is 16.2. The summed E-state index contributed by atoms with van der Waals surface area (Å²) in [4.78, 5) is 20.2. The van der Waals surface area contributed by atoms with Crippen molar-refractivity contribution >= 4 is 0 Å². The van der Waals surface area contributed by atoms with Gasteiger partial charge in [-0.15, -0.1) is 0 Å². The Kier molecular flexibility index (Phi) is 4.94. The van der Waals surface area contributed by atoms with Crippen molar-refractivity contribution in [1.29, 1.82) is 0 Å². The molecule has 1 fully saturated rings. The highest BCUT2D eigenvalue weighted by molar-refractivity contribution is 5.33. The van der Waals surface area contributed by atoms with Gasteiger partial charge in [0.1, 0.15) is 0 Å². The molecule has 27 heavy (non-hydrogen) atoms. The second-order valence-corrected chi connectivity index (χ2v) is 7.28. The van der Waals surface area contributed by atoms with Gasteiger partial charge in [-0.1, -0.05) is 30.7 Å². The molecule has 1 saturated heterocycles. The van der Waals surface area contributed by atoms with Crippen LogP contribution in [0.3, 0.4) is 0 Å². The third-order valence-corrected chi connectivity index (χ3v) is 5.68. The van der Waals surface area contributed by atoms with Gasteiger partial charge in [0, 0.05) is 25.5 Å². The zero-order valence-corrected chi connectivity index (χ0v) is 16.0. The fourth-order valence-corrected chi connectivity index (χ4v) is 4.10. The number of pyridine rings is 1. The fourth-order valence-electron chi connectivity index (χ4n) is 4.10. The minimum Gasteiger partial charge on any atom is -0.290 e. The molecule has 3 aromatic rings. The molecular weight excluding hydrogens is 336 g/mol. The van der Waals surface area contributed by atoms with Crippen molar-refractivity contribution in [2.75, 3.05) is 6.54 Å². The molecule has 0 N–H and O–H groups in total. The van der Waals surface area contributed by atoms with E-state index < -0.39 is 0 Å². The smallest absolute Gasteiger partial charge is 0.276 e. The lowest BCUT2D eigenvalue weighted by Gasteiger charge is -2.35. The second-order valence-electron chi connectivity index (χ2n) is 7.28. The Morgan fingerprint density at radius 2 is 1.85 bits per heavy atom. The van der Waals surface area contributed by atoms with Crippen LogP contribution in [-0.2, 0) is 13.6 Å². The number of nitrogens with zero attached hydrogens (tertiary/aromatic N) is 4. The SMILES string of the molecule is Cc1c(CN2CCCC[C@@H]2c2ccccn2)c(=O)n(-c2ccccc2)n1C. The van der Waals surface area contributed by atoms with E-state index in [1.165, 1.54) is 12.8 Å². The Morgan fingerprint density at radius 1 is 1.07 bits per heavy atom. The molecule has 5 nitrogen and oxygen atoms in total. The number of aromatic nitrogens is 3. The zero-order chi connectivity index (χ0) is 18.8. The van der Waals surface area contributed by atoms with Crippen molar-refractivity contribution in [2.45, 2.75) is 38.8 Å². The van der Waals surface area contributed by atoms with Gasteiger partial charge in [0.15, 0.2) is 0 Å². The topological polar surface area (TPSA) is 43.1 Å². The minimum atomic E-state index is 0.0755. The molecule has 3 heterocycles. The maximum absolute atomic E-state index is 13.2. The molecule has 1 aromatic carbocycles. The van der Waals surface area contributed by atoms with Gasteiger partial charge in [-0.05, 0) is 50.6 Å². The van der Waals surface area contributed by atoms with Crippen LogP contribution in [0.4, 0.5) is 0 Å². The van der Waals surface area contributed by atoms with Gasteiger partial charge in [0.05, 0.1) is 23.0 Å².